The van der Waals surface area contributed by atoms with E-state index in [9.17, 15) is 15.0 Å². The third kappa shape index (κ3) is 4.19. The number of esters is 1. The molecule has 0 aliphatic carbocycles. The normalized spacial score (nSPS) is 13.3. The number of hydrazine groups is 1. The van der Waals surface area contributed by atoms with Gasteiger partial charge in [-0.15, -0.1) is 11.8 Å². The van der Waals surface area contributed by atoms with Gasteiger partial charge >= 0.3 is 5.97 Å². The summed E-state index contributed by atoms with van der Waals surface area (Å²) in [4.78, 5) is 13.6. The first-order valence-corrected chi connectivity index (χ1v) is 8.45. The summed E-state index contributed by atoms with van der Waals surface area (Å²) in [5, 5.41) is 18.9. The molecule has 0 radical (unpaired) electrons. The summed E-state index contributed by atoms with van der Waals surface area (Å²) in [6, 6.07) is 11.5. The molecule has 0 aliphatic heterocycles. The molecule has 2 rings (SSSR count). The van der Waals surface area contributed by atoms with Gasteiger partial charge in [0.2, 0.25) is 0 Å². The zero-order chi connectivity index (χ0) is 17.7. The van der Waals surface area contributed by atoms with Crippen LogP contribution in [0.1, 0.15) is 12.5 Å². The van der Waals surface area contributed by atoms with Gasteiger partial charge in [-0.1, -0.05) is 6.07 Å². The molecule has 0 amide bonds. The van der Waals surface area contributed by atoms with Gasteiger partial charge < -0.3 is 14.9 Å². The molecular weight excluding hydrogens is 328 g/mol. The number of nitrogens with one attached hydrogen (secondary N) is 1. The lowest BCUT2D eigenvalue weighted by Crippen LogP contribution is -2.56. The van der Waals surface area contributed by atoms with E-state index >= 15 is 0 Å². The van der Waals surface area contributed by atoms with Gasteiger partial charge in [0.15, 0.2) is 11.5 Å². The van der Waals surface area contributed by atoms with Crippen LogP contribution < -0.4 is 16.0 Å². The lowest BCUT2D eigenvalue weighted by molar-refractivity contribution is -0.141. The Morgan fingerprint density at radius 2 is 1.88 bits per heavy atom. The Hall–Kier alpha value is -2.22. The van der Waals surface area contributed by atoms with Crippen molar-refractivity contribution in [3.05, 3.63) is 48.0 Å². The van der Waals surface area contributed by atoms with Crippen molar-refractivity contribution < 1.29 is 19.7 Å². The lowest BCUT2D eigenvalue weighted by Gasteiger charge is -2.26. The minimum atomic E-state index is -1.19. The minimum Gasteiger partial charge on any atom is -0.504 e. The number of phenolic OH excluding ortho intramolecular Hbond substituents is 2. The predicted octanol–water partition coefficient (Wildman–Crippen LogP) is 2.19. The van der Waals surface area contributed by atoms with Crippen LogP contribution in [0.5, 0.6) is 17.2 Å². The van der Waals surface area contributed by atoms with E-state index in [-0.39, 0.29) is 17.9 Å². The van der Waals surface area contributed by atoms with Crippen LogP contribution in [0.25, 0.3) is 0 Å². The van der Waals surface area contributed by atoms with Crippen molar-refractivity contribution in [2.45, 2.75) is 23.8 Å². The van der Waals surface area contributed by atoms with Gasteiger partial charge in [0.25, 0.3) is 0 Å². The molecule has 2 aromatic carbocycles. The maximum absolute atomic E-state index is 12.5. The highest BCUT2D eigenvalue weighted by Crippen LogP contribution is 2.27. The van der Waals surface area contributed by atoms with Crippen molar-refractivity contribution in [2.75, 3.05) is 6.26 Å². The fraction of sp³-hybridized carbons (Fsp3) is 0.235. The monoisotopic (exact) mass is 348 g/mol. The van der Waals surface area contributed by atoms with Gasteiger partial charge in [-0.2, -0.15) is 0 Å². The average Bonchev–Trinajstić information content (AvgIpc) is 2.58. The third-order valence-electron chi connectivity index (χ3n) is 3.64. The maximum Gasteiger partial charge on any atom is 0.333 e. The van der Waals surface area contributed by atoms with Gasteiger partial charge in [0.05, 0.1) is 0 Å². The maximum atomic E-state index is 12.5. The zero-order valence-corrected chi connectivity index (χ0v) is 14.3. The molecular formula is C17H20N2O4S. The van der Waals surface area contributed by atoms with Crippen LogP contribution in [0.2, 0.25) is 0 Å². The summed E-state index contributed by atoms with van der Waals surface area (Å²) in [5.41, 5.74) is 1.91. The summed E-state index contributed by atoms with van der Waals surface area (Å²) in [7, 11) is 0. The number of hydrogen-bond donors (Lipinski definition) is 4. The number of carbonyl (C=O) groups is 1. The summed E-state index contributed by atoms with van der Waals surface area (Å²) >= 11 is 1.59. The Labute approximate surface area is 144 Å². The minimum absolute atomic E-state index is 0.180. The number of aromatic hydroxyl groups is 2. The molecule has 0 saturated heterocycles. The lowest BCUT2D eigenvalue weighted by atomic mass is 9.93. The molecule has 0 aromatic heterocycles. The van der Waals surface area contributed by atoms with Crippen LogP contribution in [-0.4, -0.2) is 28.0 Å². The Balaban J connectivity index is 2.14. The fourth-order valence-electron chi connectivity index (χ4n) is 2.13. The van der Waals surface area contributed by atoms with Crippen LogP contribution >= 0.6 is 11.8 Å². The molecule has 0 heterocycles. The molecule has 6 nitrogen and oxygen atoms in total. The third-order valence-corrected chi connectivity index (χ3v) is 4.38. The highest BCUT2D eigenvalue weighted by Gasteiger charge is 2.34. The van der Waals surface area contributed by atoms with Crippen LogP contribution in [0.3, 0.4) is 0 Å². The molecule has 0 spiro atoms. The molecule has 1 atom stereocenters. The number of carbonyl (C=O) groups excluding carboxylic acids is 1. The number of thioether (sulfide) groups is 1. The van der Waals surface area contributed by atoms with Gasteiger partial charge in [0, 0.05) is 11.3 Å². The summed E-state index contributed by atoms with van der Waals surface area (Å²) < 4.78 is 5.39. The molecule has 0 aliphatic rings. The SMILES string of the molecule is CSc1ccc(OC(=O)[C@](C)(Cc2ccc(O)c(O)c2)NN)cc1. The molecule has 0 saturated carbocycles. The standard InChI is InChI=1S/C17H20N2O4S/c1-17(19-18,10-11-3-8-14(20)15(21)9-11)16(22)23-12-4-6-13(24-2)7-5-12/h3-9,19-21H,10,18H2,1-2H3/t17-/m0/s1. The highest BCUT2D eigenvalue weighted by molar-refractivity contribution is 7.98. The first-order valence-electron chi connectivity index (χ1n) is 7.23. The summed E-state index contributed by atoms with van der Waals surface area (Å²) in [6.07, 6.45) is 2.14. The Kier molecular flexibility index (Phi) is 5.71. The van der Waals surface area contributed by atoms with E-state index in [4.69, 9.17) is 10.6 Å². The second kappa shape index (κ2) is 7.57. The molecule has 2 aromatic rings. The van der Waals surface area contributed by atoms with Gasteiger partial charge in [-0.05, 0) is 55.1 Å². The molecule has 0 fully saturated rings. The van der Waals surface area contributed by atoms with Gasteiger partial charge in [-0.25, -0.2) is 10.2 Å². The zero-order valence-electron chi connectivity index (χ0n) is 13.4. The van der Waals surface area contributed by atoms with E-state index in [1.54, 1.807) is 36.9 Å². The van der Waals surface area contributed by atoms with Crippen molar-refractivity contribution in [1.29, 1.82) is 0 Å². The molecule has 5 N–H and O–H groups in total. The smallest absolute Gasteiger partial charge is 0.333 e. The Morgan fingerprint density at radius 3 is 2.42 bits per heavy atom. The summed E-state index contributed by atoms with van der Waals surface area (Å²) in [5.74, 6) is 4.95. The Morgan fingerprint density at radius 1 is 1.21 bits per heavy atom. The molecule has 0 unspecified atom stereocenters. The van der Waals surface area contributed by atoms with Crippen molar-refractivity contribution in [3.63, 3.8) is 0 Å². The molecule has 7 heteroatoms. The second-order valence-electron chi connectivity index (χ2n) is 5.54. The molecule has 24 heavy (non-hydrogen) atoms. The number of ether oxygens (including phenoxy) is 1. The quantitative estimate of drug-likeness (QED) is 0.158. The van der Waals surface area contributed by atoms with E-state index in [1.165, 1.54) is 12.1 Å². The Bertz CT molecular complexity index is 721. The number of nitrogens with two attached hydrogens (primary N) is 1. The fourth-order valence-corrected chi connectivity index (χ4v) is 2.54. The molecule has 0 bridgehead atoms. The van der Waals surface area contributed by atoms with Gasteiger partial charge in [0.1, 0.15) is 11.3 Å². The van der Waals surface area contributed by atoms with Crippen LogP contribution in [-0.2, 0) is 11.2 Å². The molecule has 128 valence electrons. The van der Waals surface area contributed by atoms with Crippen LogP contribution in [0, 0.1) is 0 Å². The summed E-state index contributed by atoms with van der Waals surface area (Å²) in [6.45, 7) is 1.61. The number of hydrogen-bond acceptors (Lipinski definition) is 7. The number of rotatable bonds is 6. The second-order valence-corrected chi connectivity index (χ2v) is 6.42. The van der Waals surface area contributed by atoms with E-state index in [1.807, 2.05) is 18.4 Å². The van der Waals surface area contributed by atoms with Crippen molar-refractivity contribution >= 4 is 17.7 Å². The van der Waals surface area contributed by atoms with Crippen LogP contribution in [0.15, 0.2) is 47.4 Å². The van der Waals surface area contributed by atoms with E-state index in [0.29, 0.717) is 11.3 Å². The van der Waals surface area contributed by atoms with Crippen molar-refractivity contribution in [2.24, 2.45) is 5.84 Å². The number of benzene rings is 2. The first kappa shape index (κ1) is 18.1. The first-order chi connectivity index (χ1) is 11.4. The van der Waals surface area contributed by atoms with Crippen molar-refractivity contribution in [1.82, 2.24) is 5.43 Å². The topological polar surface area (TPSA) is 105 Å². The van der Waals surface area contributed by atoms with Crippen LogP contribution in [0.4, 0.5) is 0 Å². The van der Waals surface area contributed by atoms with Gasteiger partial charge in [-0.3, -0.25) is 5.84 Å². The van der Waals surface area contributed by atoms with E-state index < -0.39 is 11.5 Å². The largest absolute Gasteiger partial charge is 0.504 e. The highest BCUT2D eigenvalue weighted by atomic mass is 32.2. The predicted molar refractivity (Wildman–Crippen MR) is 93.1 cm³/mol. The van der Waals surface area contributed by atoms with E-state index in [2.05, 4.69) is 5.43 Å². The average molecular weight is 348 g/mol. The van der Waals surface area contributed by atoms with Crippen molar-refractivity contribution in [3.8, 4) is 17.2 Å². The van der Waals surface area contributed by atoms with E-state index in [0.717, 1.165) is 4.90 Å². The number of phenols is 2.